The topological polar surface area (TPSA) is 86.7 Å². The van der Waals surface area contributed by atoms with Crippen LogP contribution in [0.3, 0.4) is 0 Å². The maximum atomic E-state index is 11.8. The number of anilines is 1. The van der Waals surface area contributed by atoms with E-state index >= 15 is 0 Å². The molecule has 1 aliphatic heterocycles. The Morgan fingerprint density at radius 3 is 2.28 bits per heavy atom. The average molecular weight is 360 g/mol. The van der Waals surface area contributed by atoms with E-state index in [1.54, 1.807) is 18.2 Å². The number of nitrogens with zero attached hydrogens (tertiary/aromatic N) is 1. The molecule has 0 aliphatic carbocycles. The lowest BCUT2D eigenvalue weighted by atomic mass is 10.0. The van der Waals surface area contributed by atoms with E-state index in [0.29, 0.717) is 0 Å². The molecule has 3 rings (SSSR count). The zero-order valence-electron chi connectivity index (χ0n) is 13.7. The number of phenolic OH excluding ortho intramolecular Hbond substituents is 1. The van der Waals surface area contributed by atoms with Crippen LogP contribution < -0.4 is 9.03 Å². The third-order valence-electron chi connectivity index (χ3n) is 4.15. The Bertz CT molecular complexity index is 866. The fourth-order valence-electron chi connectivity index (χ4n) is 2.90. The maximum absolute atomic E-state index is 11.8. The first kappa shape index (κ1) is 17.3. The molecule has 2 aromatic carbocycles. The summed E-state index contributed by atoms with van der Waals surface area (Å²) in [5.41, 5.74) is 2.36. The summed E-state index contributed by atoms with van der Waals surface area (Å²) in [6.07, 6.45) is 3.80. The van der Waals surface area contributed by atoms with Gasteiger partial charge in [0.25, 0.3) is 5.91 Å². The third kappa shape index (κ3) is 4.11. The molecule has 0 radical (unpaired) electrons. The fourth-order valence-corrected chi connectivity index (χ4v) is 4.06. The highest BCUT2D eigenvalue weighted by atomic mass is 32.2. The van der Waals surface area contributed by atoms with Crippen molar-refractivity contribution in [3.63, 3.8) is 0 Å². The van der Waals surface area contributed by atoms with Gasteiger partial charge in [-0.25, -0.2) is 9.03 Å². The predicted octanol–water partition coefficient (Wildman–Crippen LogP) is 2.14. The van der Waals surface area contributed by atoms with E-state index in [0.717, 1.165) is 35.6 Å². The van der Waals surface area contributed by atoms with Crippen molar-refractivity contribution in [2.45, 2.75) is 25.7 Å². The second-order valence-electron chi connectivity index (χ2n) is 6.05. The van der Waals surface area contributed by atoms with Crippen LogP contribution in [0.25, 0.3) is 0 Å². The van der Waals surface area contributed by atoms with Gasteiger partial charge in [-0.15, -0.1) is 0 Å². The molecular formula is C18H20N2O4S. The highest BCUT2D eigenvalue weighted by Crippen LogP contribution is 2.31. The molecule has 25 heavy (non-hydrogen) atoms. The van der Waals surface area contributed by atoms with Crippen molar-refractivity contribution in [1.82, 2.24) is 4.72 Å². The Morgan fingerprint density at radius 2 is 1.68 bits per heavy atom. The van der Waals surface area contributed by atoms with E-state index in [-0.39, 0.29) is 18.0 Å². The van der Waals surface area contributed by atoms with Gasteiger partial charge >= 0.3 is 10.2 Å². The Morgan fingerprint density at radius 1 is 1.00 bits per heavy atom. The molecule has 0 bridgehead atoms. The third-order valence-corrected chi connectivity index (χ3v) is 5.54. The van der Waals surface area contributed by atoms with Crippen molar-refractivity contribution >= 4 is 21.8 Å². The van der Waals surface area contributed by atoms with E-state index in [4.69, 9.17) is 0 Å². The summed E-state index contributed by atoms with van der Waals surface area (Å²) < 4.78 is 26.4. The first-order valence-corrected chi connectivity index (χ1v) is 9.59. The van der Waals surface area contributed by atoms with Crippen molar-refractivity contribution in [1.29, 1.82) is 0 Å². The molecule has 7 heteroatoms. The van der Waals surface area contributed by atoms with Crippen molar-refractivity contribution in [3.8, 4) is 5.75 Å². The van der Waals surface area contributed by atoms with Crippen molar-refractivity contribution in [2.24, 2.45) is 0 Å². The molecule has 132 valence electrons. The average Bonchev–Trinajstić information content (AvgIpc) is 2.85. The van der Waals surface area contributed by atoms with Gasteiger partial charge in [0.1, 0.15) is 12.3 Å². The van der Waals surface area contributed by atoms with Crippen LogP contribution in [0.5, 0.6) is 5.75 Å². The molecule has 0 saturated carbocycles. The molecule has 0 aromatic heterocycles. The highest BCUT2D eigenvalue weighted by Gasteiger charge is 2.35. The highest BCUT2D eigenvalue weighted by molar-refractivity contribution is 7.92. The number of unbranched alkanes of at least 4 members (excludes halogenated alkanes) is 1. The molecule has 2 aromatic rings. The van der Waals surface area contributed by atoms with Crippen molar-refractivity contribution in [3.05, 3.63) is 59.7 Å². The number of hydrogen-bond acceptors (Lipinski definition) is 4. The van der Waals surface area contributed by atoms with Crippen molar-refractivity contribution < 1.29 is 18.3 Å². The lowest BCUT2D eigenvalue weighted by molar-refractivity contribution is -0.117. The number of carbonyl (C=O) groups is 1. The molecule has 6 nitrogen and oxygen atoms in total. The lowest BCUT2D eigenvalue weighted by Crippen LogP contribution is -2.29. The van der Waals surface area contributed by atoms with Crippen LogP contribution in [0.1, 0.15) is 24.0 Å². The quantitative estimate of drug-likeness (QED) is 0.773. The zero-order chi connectivity index (χ0) is 17.9. The van der Waals surface area contributed by atoms with Crippen LogP contribution in [-0.4, -0.2) is 26.0 Å². The molecule has 0 unspecified atom stereocenters. The zero-order valence-corrected chi connectivity index (χ0v) is 14.5. The van der Waals surface area contributed by atoms with Crippen LogP contribution in [0.2, 0.25) is 0 Å². The number of carbonyl (C=O) groups excluding carboxylic acids is 1. The lowest BCUT2D eigenvalue weighted by Gasteiger charge is -2.16. The predicted molar refractivity (Wildman–Crippen MR) is 95.6 cm³/mol. The minimum atomic E-state index is -3.90. The van der Waals surface area contributed by atoms with E-state index in [1.165, 1.54) is 5.56 Å². The summed E-state index contributed by atoms with van der Waals surface area (Å²) in [6, 6.07) is 15.2. The Labute approximate surface area is 147 Å². The van der Waals surface area contributed by atoms with E-state index in [2.05, 4.69) is 12.1 Å². The minimum absolute atomic E-state index is 0.117. The molecule has 1 saturated heterocycles. The van der Waals surface area contributed by atoms with Crippen molar-refractivity contribution in [2.75, 3.05) is 10.8 Å². The number of aryl methyl sites for hydroxylation is 2. The molecule has 0 spiro atoms. The number of rotatable bonds is 6. The summed E-state index contributed by atoms with van der Waals surface area (Å²) in [4.78, 5) is 11.3. The largest absolute Gasteiger partial charge is 0.506 e. The monoisotopic (exact) mass is 360 g/mol. The summed E-state index contributed by atoms with van der Waals surface area (Å²) in [5, 5.41) is 10.2. The molecular weight excluding hydrogens is 340 g/mol. The summed E-state index contributed by atoms with van der Waals surface area (Å²) in [7, 11) is -3.90. The number of phenols is 1. The molecule has 1 aliphatic rings. The van der Waals surface area contributed by atoms with E-state index in [9.17, 15) is 18.3 Å². The van der Waals surface area contributed by atoms with Crippen LogP contribution >= 0.6 is 0 Å². The molecule has 1 fully saturated rings. The van der Waals surface area contributed by atoms with E-state index in [1.807, 2.05) is 22.9 Å². The number of nitrogens with one attached hydrogen (secondary N) is 1. The molecule has 1 heterocycles. The van der Waals surface area contributed by atoms with Gasteiger partial charge in [0.2, 0.25) is 0 Å². The van der Waals surface area contributed by atoms with E-state index < -0.39 is 16.1 Å². The Kier molecular flexibility index (Phi) is 4.94. The Hall–Kier alpha value is -2.54. The van der Waals surface area contributed by atoms with Gasteiger partial charge in [-0.05, 0) is 48.9 Å². The first-order chi connectivity index (χ1) is 12.0. The minimum Gasteiger partial charge on any atom is -0.506 e. The van der Waals surface area contributed by atoms with Gasteiger partial charge < -0.3 is 5.11 Å². The summed E-state index contributed by atoms with van der Waals surface area (Å²) >= 11 is 0. The van der Waals surface area contributed by atoms with Crippen LogP contribution in [0.15, 0.2) is 48.5 Å². The first-order valence-electron chi connectivity index (χ1n) is 8.15. The van der Waals surface area contributed by atoms with Gasteiger partial charge in [-0.1, -0.05) is 36.4 Å². The molecule has 2 N–H and O–H groups in total. The maximum Gasteiger partial charge on any atom is 0.326 e. The van der Waals surface area contributed by atoms with Gasteiger partial charge in [-0.3, -0.25) is 4.79 Å². The Balaban J connectivity index is 1.60. The van der Waals surface area contributed by atoms with Crippen LogP contribution in [0.4, 0.5) is 5.69 Å². The fraction of sp³-hybridized carbons (Fsp3) is 0.278. The van der Waals surface area contributed by atoms with Gasteiger partial charge in [0, 0.05) is 0 Å². The molecule has 1 amide bonds. The number of benzene rings is 2. The second kappa shape index (κ2) is 7.14. The number of aromatic hydroxyl groups is 1. The van der Waals surface area contributed by atoms with Gasteiger partial charge in [0.15, 0.2) is 0 Å². The van der Waals surface area contributed by atoms with Gasteiger partial charge in [-0.2, -0.15) is 8.42 Å². The normalized spacial score (nSPS) is 16.0. The summed E-state index contributed by atoms with van der Waals surface area (Å²) in [5.74, 6) is -0.745. The smallest absolute Gasteiger partial charge is 0.326 e. The SMILES string of the molecule is O=C1CN(c2ccc(CCCCc3ccccc3)cc2O)S(=O)(=O)N1. The molecule has 0 atom stereocenters. The van der Waals surface area contributed by atoms with Gasteiger partial charge in [0.05, 0.1) is 5.69 Å². The number of amides is 1. The van der Waals surface area contributed by atoms with Crippen LogP contribution in [0, 0.1) is 0 Å². The number of hydrogen-bond donors (Lipinski definition) is 2. The van der Waals surface area contributed by atoms with Crippen LogP contribution in [-0.2, 0) is 27.8 Å². The second-order valence-corrected chi connectivity index (χ2v) is 7.65. The standard InChI is InChI=1S/C18H20N2O4S/c21-17-12-15(9-5-4-8-14-6-2-1-3-7-14)10-11-16(17)20-13-18(22)19-25(20,23)24/h1-3,6-7,10-12,21H,4-5,8-9,13H2,(H,19,22). The summed E-state index contributed by atoms with van der Waals surface area (Å²) in [6.45, 7) is -0.313.